The Morgan fingerprint density at radius 1 is 1.15 bits per heavy atom. The van der Waals surface area contributed by atoms with Crippen LogP contribution in [0.3, 0.4) is 0 Å². The van der Waals surface area contributed by atoms with Crippen molar-refractivity contribution in [3.8, 4) is 11.5 Å². The summed E-state index contributed by atoms with van der Waals surface area (Å²) < 4.78 is 27.1. The predicted octanol–water partition coefficient (Wildman–Crippen LogP) is 2.72. The standard InChI is InChI=1S/C22H29N3O7S/c1-4-30-18-11-17(25-6-8-29-9-7-25)19(31-5-2)10-15(18)23-20(26)12-32-22(27)16-14-33-21(24-16)13-28-3/h10-11,14H,4-9,12-13H2,1-3H3,(H,23,26). The van der Waals surface area contributed by atoms with Gasteiger partial charge in [-0.25, -0.2) is 9.78 Å². The number of rotatable bonds is 11. The third-order valence-electron chi connectivity index (χ3n) is 4.65. The lowest BCUT2D eigenvalue weighted by Gasteiger charge is -2.31. The average molecular weight is 480 g/mol. The van der Waals surface area contributed by atoms with Gasteiger partial charge in [-0.05, 0) is 13.8 Å². The van der Waals surface area contributed by atoms with Crippen LogP contribution in [0.25, 0.3) is 0 Å². The fourth-order valence-corrected chi connectivity index (χ4v) is 3.96. The van der Waals surface area contributed by atoms with Crippen molar-refractivity contribution < 1.29 is 33.3 Å². The fourth-order valence-electron chi connectivity index (χ4n) is 3.23. The number of benzene rings is 1. The third kappa shape index (κ3) is 6.80. The van der Waals surface area contributed by atoms with Crippen LogP contribution in [-0.2, 0) is 25.6 Å². The summed E-state index contributed by atoms with van der Waals surface area (Å²) >= 11 is 1.29. The molecule has 1 aromatic carbocycles. The molecule has 1 aromatic heterocycles. The van der Waals surface area contributed by atoms with E-state index in [0.29, 0.717) is 55.2 Å². The molecule has 0 atom stereocenters. The molecule has 11 heteroatoms. The number of nitrogens with zero attached hydrogens (tertiary/aromatic N) is 2. The van der Waals surface area contributed by atoms with Crippen LogP contribution in [0.4, 0.5) is 11.4 Å². The molecule has 1 aliphatic rings. The Balaban J connectivity index is 1.70. The smallest absolute Gasteiger partial charge is 0.358 e. The van der Waals surface area contributed by atoms with E-state index < -0.39 is 18.5 Å². The number of hydrogen-bond acceptors (Lipinski definition) is 10. The summed E-state index contributed by atoms with van der Waals surface area (Å²) in [7, 11) is 1.55. The largest absolute Gasteiger partial charge is 0.492 e. The van der Waals surface area contributed by atoms with Gasteiger partial charge in [-0.3, -0.25) is 4.79 Å². The molecule has 33 heavy (non-hydrogen) atoms. The number of hydrogen-bond donors (Lipinski definition) is 1. The number of amides is 1. The lowest BCUT2D eigenvalue weighted by atomic mass is 10.2. The Kier molecular flexibility index (Phi) is 9.28. The molecule has 0 radical (unpaired) electrons. The van der Waals surface area contributed by atoms with E-state index in [1.807, 2.05) is 19.9 Å². The number of anilines is 2. The van der Waals surface area contributed by atoms with E-state index in [-0.39, 0.29) is 5.69 Å². The van der Waals surface area contributed by atoms with E-state index in [0.717, 1.165) is 18.8 Å². The summed E-state index contributed by atoms with van der Waals surface area (Å²) in [6.07, 6.45) is 0. The Morgan fingerprint density at radius 2 is 1.88 bits per heavy atom. The first-order valence-corrected chi connectivity index (χ1v) is 11.6. The van der Waals surface area contributed by atoms with E-state index >= 15 is 0 Å². The maximum Gasteiger partial charge on any atom is 0.358 e. The molecule has 2 heterocycles. The second-order valence-corrected chi connectivity index (χ2v) is 7.91. The van der Waals surface area contributed by atoms with Crippen LogP contribution in [0.1, 0.15) is 29.3 Å². The van der Waals surface area contributed by atoms with Gasteiger partial charge in [0, 0.05) is 37.7 Å². The molecule has 2 aromatic rings. The van der Waals surface area contributed by atoms with Gasteiger partial charge in [-0.15, -0.1) is 11.3 Å². The minimum atomic E-state index is -0.675. The molecule has 0 spiro atoms. The molecule has 0 unspecified atom stereocenters. The predicted molar refractivity (Wildman–Crippen MR) is 124 cm³/mol. The number of carbonyl (C=O) groups excluding carboxylic acids is 2. The first kappa shape index (κ1) is 24.7. The molecule has 0 aliphatic carbocycles. The minimum absolute atomic E-state index is 0.142. The van der Waals surface area contributed by atoms with Crippen molar-refractivity contribution >= 4 is 34.6 Å². The normalized spacial score (nSPS) is 13.5. The van der Waals surface area contributed by atoms with Crippen molar-refractivity contribution in [1.29, 1.82) is 0 Å². The number of morpholine rings is 1. The monoisotopic (exact) mass is 479 g/mol. The highest BCUT2D eigenvalue weighted by Gasteiger charge is 2.21. The van der Waals surface area contributed by atoms with Gasteiger partial charge in [0.05, 0.1) is 44.4 Å². The van der Waals surface area contributed by atoms with Gasteiger partial charge in [-0.2, -0.15) is 0 Å². The molecule has 1 aliphatic heterocycles. The molecule has 1 saturated heterocycles. The van der Waals surface area contributed by atoms with Crippen molar-refractivity contribution in [2.24, 2.45) is 0 Å². The third-order valence-corrected chi connectivity index (χ3v) is 5.47. The van der Waals surface area contributed by atoms with E-state index in [1.54, 1.807) is 18.6 Å². The van der Waals surface area contributed by atoms with Gasteiger partial charge in [0.2, 0.25) is 0 Å². The SMILES string of the molecule is CCOc1cc(N2CCOCC2)c(OCC)cc1NC(=O)COC(=O)c1csc(COC)n1. The summed E-state index contributed by atoms with van der Waals surface area (Å²) in [6, 6.07) is 3.59. The summed E-state index contributed by atoms with van der Waals surface area (Å²) in [6.45, 7) is 7.22. The average Bonchev–Trinajstić information content (AvgIpc) is 3.29. The van der Waals surface area contributed by atoms with Crippen molar-refractivity contribution in [1.82, 2.24) is 4.98 Å². The number of thiazole rings is 1. The van der Waals surface area contributed by atoms with Gasteiger partial charge in [0.25, 0.3) is 5.91 Å². The second kappa shape index (κ2) is 12.4. The van der Waals surface area contributed by atoms with Crippen molar-refractivity contribution in [3.05, 3.63) is 28.2 Å². The highest BCUT2D eigenvalue weighted by atomic mass is 32.1. The topological polar surface area (TPSA) is 108 Å². The maximum absolute atomic E-state index is 12.5. The highest BCUT2D eigenvalue weighted by Crippen LogP contribution is 2.39. The Bertz CT molecular complexity index is 944. The molecular formula is C22H29N3O7S. The molecule has 180 valence electrons. The summed E-state index contributed by atoms with van der Waals surface area (Å²) in [5.41, 5.74) is 1.46. The van der Waals surface area contributed by atoms with Gasteiger partial charge in [0.1, 0.15) is 16.5 Å². The zero-order valence-electron chi connectivity index (χ0n) is 19.0. The number of nitrogens with one attached hydrogen (secondary N) is 1. The van der Waals surface area contributed by atoms with Crippen molar-refractivity contribution in [2.45, 2.75) is 20.5 Å². The zero-order valence-corrected chi connectivity index (χ0v) is 19.9. The molecule has 0 bridgehead atoms. The molecule has 1 amide bonds. The molecule has 0 saturated carbocycles. The number of ether oxygens (including phenoxy) is 5. The van der Waals surface area contributed by atoms with Crippen LogP contribution in [0.2, 0.25) is 0 Å². The number of carbonyl (C=O) groups is 2. The maximum atomic E-state index is 12.5. The van der Waals surface area contributed by atoms with Crippen molar-refractivity contribution in [3.63, 3.8) is 0 Å². The first-order chi connectivity index (χ1) is 16.0. The lowest BCUT2D eigenvalue weighted by molar-refractivity contribution is -0.119. The summed E-state index contributed by atoms with van der Waals surface area (Å²) in [4.78, 5) is 31.0. The second-order valence-electron chi connectivity index (χ2n) is 6.97. The van der Waals surface area contributed by atoms with E-state index in [4.69, 9.17) is 23.7 Å². The van der Waals surface area contributed by atoms with Gasteiger partial charge in [-0.1, -0.05) is 0 Å². The number of aromatic nitrogens is 1. The summed E-state index contributed by atoms with van der Waals surface area (Å²) in [5.74, 6) is -0.0428. The lowest BCUT2D eigenvalue weighted by Crippen LogP contribution is -2.36. The highest BCUT2D eigenvalue weighted by molar-refractivity contribution is 7.09. The van der Waals surface area contributed by atoms with Gasteiger partial charge in [0.15, 0.2) is 12.3 Å². The molecule has 1 fully saturated rings. The van der Waals surface area contributed by atoms with E-state index in [9.17, 15) is 9.59 Å². The van der Waals surface area contributed by atoms with E-state index in [2.05, 4.69) is 15.2 Å². The van der Waals surface area contributed by atoms with Gasteiger partial charge < -0.3 is 33.9 Å². The summed E-state index contributed by atoms with van der Waals surface area (Å²) in [5, 5.41) is 4.98. The quantitative estimate of drug-likeness (QED) is 0.487. The molecule has 3 rings (SSSR count). The van der Waals surface area contributed by atoms with Crippen LogP contribution in [0.15, 0.2) is 17.5 Å². The zero-order chi connectivity index (χ0) is 23.6. The molecule has 10 nitrogen and oxygen atoms in total. The Morgan fingerprint density at radius 3 is 2.58 bits per heavy atom. The van der Waals surface area contributed by atoms with E-state index in [1.165, 1.54) is 11.3 Å². The van der Waals surface area contributed by atoms with Crippen LogP contribution in [0, 0.1) is 0 Å². The van der Waals surface area contributed by atoms with Crippen molar-refractivity contribution in [2.75, 3.05) is 63.5 Å². The fraction of sp³-hybridized carbons (Fsp3) is 0.500. The van der Waals surface area contributed by atoms with Gasteiger partial charge >= 0.3 is 5.97 Å². The molecule has 1 N–H and O–H groups in total. The Labute approximate surface area is 196 Å². The number of esters is 1. The molecular weight excluding hydrogens is 450 g/mol. The van der Waals surface area contributed by atoms with Crippen LogP contribution in [0.5, 0.6) is 11.5 Å². The Hall–Kier alpha value is -2.89. The first-order valence-electron chi connectivity index (χ1n) is 10.7. The minimum Gasteiger partial charge on any atom is -0.492 e. The van der Waals surface area contributed by atoms with Crippen LogP contribution in [-0.4, -0.2) is 70.1 Å². The van der Waals surface area contributed by atoms with Crippen LogP contribution < -0.4 is 19.7 Å². The number of methoxy groups -OCH3 is 1. The van der Waals surface area contributed by atoms with Crippen LogP contribution >= 0.6 is 11.3 Å².